The van der Waals surface area contributed by atoms with Crippen molar-refractivity contribution < 1.29 is 14.3 Å². The summed E-state index contributed by atoms with van der Waals surface area (Å²) in [5, 5.41) is 8.33. The van der Waals surface area contributed by atoms with Crippen LogP contribution in [-0.2, 0) is 4.79 Å². The van der Waals surface area contributed by atoms with E-state index in [0.29, 0.717) is 0 Å². The average Bonchev–Trinajstić information content (AvgIpc) is 2.15. The molecule has 1 rings (SSSR count). The normalized spacial score (nSPS) is 12.4. The average molecular weight is 214 g/mol. The van der Waals surface area contributed by atoms with Crippen molar-refractivity contribution in [3.63, 3.8) is 0 Å². The highest BCUT2D eigenvalue weighted by atomic mass is 32.2. The van der Waals surface area contributed by atoms with E-state index in [-0.39, 0.29) is 5.75 Å². The van der Waals surface area contributed by atoms with Gasteiger partial charge < -0.3 is 5.11 Å². The summed E-state index contributed by atoms with van der Waals surface area (Å²) >= 11 is 1.33. The molecule has 1 aromatic carbocycles. The maximum atomic E-state index is 12.9. The Bertz CT molecular complexity index is 289. The second kappa shape index (κ2) is 5.65. The topological polar surface area (TPSA) is 37.3 Å². The molecule has 1 aromatic rings. The van der Waals surface area contributed by atoms with Gasteiger partial charge in [-0.2, -0.15) is 0 Å². The third-order valence-electron chi connectivity index (χ3n) is 1.57. The van der Waals surface area contributed by atoms with Crippen molar-refractivity contribution in [1.82, 2.24) is 0 Å². The van der Waals surface area contributed by atoms with E-state index in [2.05, 4.69) is 0 Å². The molecular weight excluding hydrogens is 203 g/mol. The van der Waals surface area contributed by atoms with Crippen LogP contribution in [0.2, 0.25) is 0 Å². The zero-order valence-electron chi connectivity index (χ0n) is 7.52. The van der Waals surface area contributed by atoms with Gasteiger partial charge in [0.05, 0.1) is 6.42 Å². The lowest BCUT2D eigenvalue weighted by atomic mass is 10.3. The van der Waals surface area contributed by atoms with Crippen LogP contribution in [0.15, 0.2) is 35.2 Å². The van der Waals surface area contributed by atoms with E-state index < -0.39 is 18.6 Å². The Morgan fingerprint density at radius 1 is 1.43 bits per heavy atom. The van der Waals surface area contributed by atoms with Gasteiger partial charge in [0.25, 0.3) is 0 Å². The molecule has 0 aliphatic heterocycles. The molecule has 0 bridgehead atoms. The summed E-state index contributed by atoms with van der Waals surface area (Å²) in [6.07, 6.45) is -1.70. The highest BCUT2D eigenvalue weighted by Gasteiger charge is 2.11. The fourth-order valence-corrected chi connectivity index (χ4v) is 1.79. The van der Waals surface area contributed by atoms with Crippen molar-refractivity contribution in [2.75, 3.05) is 5.75 Å². The highest BCUT2D eigenvalue weighted by Crippen LogP contribution is 2.19. The minimum atomic E-state index is -1.28. The van der Waals surface area contributed by atoms with Crippen molar-refractivity contribution >= 4 is 17.7 Å². The molecule has 0 aromatic heterocycles. The Balaban J connectivity index is 2.30. The standard InChI is InChI=1S/C10H11FO2S/c11-8(6-10(12)13)7-14-9-4-2-1-3-5-9/h1-5,8H,6-7H2,(H,12,13). The van der Waals surface area contributed by atoms with Crippen molar-refractivity contribution in [3.05, 3.63) is 30.3 Å². The Morgan fingerprint density at radius 2 is 2.07 bits per heavy atom. The Kier molecular flexibility index (Phi) is 4.46. The largest absolute Gasteiger partial charge is 0.481 e. The molecular formula is C10H11FO2S. The molecule has 1 atom stereocenters. The smallest absolute Gasteiger partial charge is 0.306 e. The first kappa shape index (κ1) is 11.0. The summed E-state index contributed by atoms with van der Waals surface area (Å²) in [5.74, 6) is -0.901. The van der Waals surface area contributed by atoms with Crippen LogP contribution in [0.4, 0.5) is 4.39 Å². The van der Waals surface area contributed by atoms with E-state index in [1.807, 2.05) is 30.3 Å². The Morgan fingerprint density at radius 3 is 2.64 bits per heavy atom. The van der Waals surface area contributed by atoms with E-state index in [1.165, 1.54) is 11.8 Å². The highest BCUT2D eigenvalue weighted by molar-refractivity contribution is 7.99. The molecule has 2 nitrogen and oxygen atoms in total. The number of hydrogen-bond acceptors (Lipinski definition) is 2. The molecule has 0 aliphatic rings. The number of thioether (sulfide) groups is 1. The molecule has 0 saturated carbocycles. The van der Waals surface area contributed by atoms with Crippen LogP contribution in [0.25, 0.3) is 0 Å². The number of carboxylic acids is 1. The van der Waals surface area contributed by atoms with Gasteiger partial charge in [-0.3, -0.25) is 4.79 Å². The van der Waals surface area contributed by atoms with Crippen LogP contribution < -0.4 is 0 Å². The van der Waals surface area contributed by atoms with Crippen molar-refractivity contribution in [1.29, 1.82) is 0 Å². The van der Waals surface area contributed by atoms with Gasteiger partial charge in [-0.25, -0.2) is 4.39 Å². The molecule has 0 aliphatic carbocycles. The fraction of sp³-hybridized carbons (Fsp3) is 0.300. The molecule has 0 radical (unpaired) electrons. The summed E-state index contributed by atoms with van der Waals surface area (Å²) in [6, 6.07) is 9.37. The quantitative estimate of drug-likeness (QED) is 0.765. The van der Waals surface area contributed by atoms with Crippen LogP contribution in [0.1, 0.15) is 6.42 Å². The first-order valence-electron chi connectivity index (χ1n) is 4.22. The molecule has 0 saturated heterocycles. The molecule has 4 heteroatoms. The van der Waals surface area contributed by atoms with Crippen molar-refractivity contribution in [3.8, 4) is 0 Å². The van der Waals surface area contributed by atoms with Gasteiger partial charge in [-0.1, -0.05) is 18.2 Å². The molecule has 14 heavy (non-hydrogen) atoms. The number of carboxylic acid groups (broad SMARTS) is 1. The van der Waals surface area contributed by atoms with Gasteiger partial charge in [0.2, 0.25) is 0 Å². The zero-order valence-corrected chi connectivity index (χ0v) is 8.34. The number of hydrogen-bond donors (Lipinski definition) is 1. The number of aliphatic carboxylic acids is 1. The monoisotopic (exact) mass is 214 g/mol. The van der Waals surface area contributed by atoms with E-state index in [9.17, 15) is 9.18 Å². The predicted octanol–water partition coefficient (Wildman–Crippen LogP) is 2.59. The number of benzene rings is 1. The maximum absolute atomic E-state index is 12.9. The van der Waals surface area contributed by atoms with Crippen molar-refractivity contribution in [2.45, 2.75) is 17.5 Å². The second-order valence-corrected chi connectivity index (χ2v) is 3.91. The fourth-order valence-electron chi connectivity index (χ4n) is 0.952. The van der Waals surface area contributed by atoms with E-state index in [1.54, 1.807) is 0 Å². The summed E-state index contributed by atoms with van der Waals surface area (Å²) in [4.78, 5) is 11.1. The SMILES string of the molecule is O=C(O)CC(F)CSc1ccccc1. The summed E-state index contributed by atoms with van der Waals surface area (Å²) in [7, 11) is 0. The first-order chi connectivity index (χ1) is 6.68. The molecule has 0 spiro atoms. The summed E-state index contributed by atoms with van der Waals surface area (Å²) < 4.78 is 12.9. The number of alkyl halides is 1. The predicted molar refractivity (Wildman–Crippen MR) is 54.3 cm³/mol. The third-order valence-corrected chi connectivity index (χ3v) is 2.70. The molecule has 1 unspecified atom stereocenters. The maximum Gasteiger partial charge on any atom is 0.306 e. The van der Waals surface area contributed by atoms with E-state index >= 15 is 0 Å². The van der Waals surface area contributed by atoms with E-state index in [0.717, 1.165) is 4.90 Å². The second-order valence-electron chi connectivity index (χ2n) is 2.82. The van der Waals surface area contributed by atoms with Gasteiger partial charge in [0.15, 0.2) is 0 Å². The van der Waals surface area contributed by atoms with Gasteiger partial charge >= 0.3 is 5.97 Å². The summed E-state index contributed by atoms with van der Waals surface area (Å²) in [6.45, 7) is 0. The lowest BCUT2D eigenvalue weighted by Gasteiger charge is -2.04. The third kappa shape index (κ3) is 4.28. The number of halogens is 1. The number of carbonyl (C=O) groups is 1. The van der Waals surface area contributed by atoms with E-state index in [4.69, 9.17) is 5.11 Å². The molecule has 0 amide bonds. The van der Waals surface area contributed by atoms with Gasteiger partial charge in [0, 0.05) is 10.6 Å². The molecule has 0 fully saturated rings. The molecule has 1 N–H and O–H groups in total. The molecule has 0 heterocycles. The molecule has 76 valence electrons. The van der Waals surface area contributed by atoms with Crippen LogP contribution in [0, 0.1) is 0 Å². The van der Waals surface area contributed by atoms with Gasteiger partial charge in [-0.05, 0) is 12.1 Å². The van der Waals surface area contributed by atoms with Crippen LogP contribution in [-0.4, -0.2) is 23.0 Å². The van der Waals surface area contributed by atoms with Gasteiger partial charge in [-0.15, -0.1) is 11.8 Å². The van der Waals surface area contributed by atoms with Crippen molar-refractivity contribution in [2.24, 2.45) is 0 Å². The number of rotatable bonds is 5. The first-order valence-corrected chi connectivity index (χ1v) is 5.21. The van der Waals surface area contributed by atoms with Crippen LogP contribution in [0.5, 0.6) is 0 Å². The minimum Gasteiger partial charge on any atom is -0.481 e. The Hall–Kier alpha value is -1.03. The lowest BCUT2D eigenvalue weighted by molar-refractivity contribution is -0.138. The lowest BCUT2D eigenvalue weighted by Crippen LogP contribution is -2.10. The van der Waals surface area contributed by atoms with Gasteiger partial charge in [0.1, 0.15) is 6.17 Å². The minimum absolute atomic E-state index is 0.191. The zero-order chi connectivity index (χ0) is 10.4. The Labute approximate surface area is 86.1 Å². The van der Waals surface area contributed by atoms with Crippen LogP contribution >= 0.6 is 11.8 Å². The summed E-state index contributed by atoms with van der Waals surface area (Å²) in [5.41, 5.74) is 0. The van der Waals surface area contributed by atoms with Crippen LogP contribution in [0.3, 0.4) is 0 Å².